The first-order chi connectivity index (χ1) is 10.6. The Kier molecular flexibility index (Phi) is 5.23. The van der Waals surface area contributed by atoms with Crippen LogP contribution in [0.2, 0.25) is 5.02 Å². The van der Waals surface area contributed by atoms with Crippen LogP contribution in [0.1, 0.15) is 20.8 Å². The van der Waals surface area contributed by atoms with E-state index < -0.39 is 10.0 Å². The van der Waals surface area contributed by atoms with Crippen LogP contribution in [0, 0.1) is 0 Å². The fourth-order valence-electron chi connectivity index (χ4n) is 2.29. The van der Waals surface area contributed by atoms with E-state index >= 15 is 0 Å². The van der Waals surface area contributed by atoms with Gasteiger partial charge in [0.15, 0.2) is 0 Å². The van der Waals surface area contributed by atoms with Crippen molar-refractivity contribution in [3.05, 3.63) is 29.3 Å². The highest BCUT2D eigenvalue weighted by Crippen LogP contribution is 2.20. The zero-order chi connectivity index (χ0) is 17.3. The standard InChI is InChI=1S/C15H22ClN3O3S/c1-15(2,3)17-14(20)18-8-10-19(11-9-18)23(21,22)13-6-4-12(16)5-7-13/h4-7H,8-11H2,1-3H3,(H,17,20). The van der Waals surface area contributed by atoms with Gasteiger partial charge in [0.25, 0.3) is 0 Å². The zero-order valence-electron chi connectivity index (χ0n) is 13.5. The molecule has 1 fully saturated rings. The molecule has 1 N–H and O–H groups in total. The molecule has 23 heavy (non-hydrogen) atoms. The van der Waals surface area contributed by atoms with Crippen LogP contribution in [0.4, 0.5) is 4.79 Å². The summed E-state index contributed by atoms with van der Waals surface area (Å²) in [6, 6.07) is 5.94. The molecular formula is C15H22ClN3O3S. The highest BCUT2D eigenvalue weighted by molar-refractivity contribution is 7.89. The number of carbonyl (C=O) groups excluding carboxylic acids is 1. The van der Waals surface area contributed by atoms with Crippen LogP contribution in [-0.4, -0.2) is 55.4 Å². The largest absolute Gasteiger partial charge is 0.333 e. The van der Waals surface area contributed by atoms with Gasteiger partial charge in [0.2, 0.25) is 10.0 Å². The van der Waals surface area contributed by atoms with Crippen LogP contribution in [-0.2, 0) is 10.0 Å². The van der Waals surface area contributed by atoms with Gasteiger partial charge in [-0.2, -0.15) is 4.31 Å². The molecule has 1 saturated heterocycles. The van der Waals surface area contributed by atoms with Gasteiger partial charge in [0.1, 0.15) is 0 Å². The summed E-state index contributed by atoms with van der Waals surface area (Å²) >= 11 is 5.79. The van der Waals surface area contributed by atoms with E-state index in [0.717, 1.165) is 0 Å². The number of rotatable bonds is 2. The Balaban J connectivity index is 2.01. The van der Waals surface area contributed by atoms with Crippen molar-refractivity contribution in [3.63, 3.8) is 0 Å². The second kappa shape index (κ2) is 6.67. The number of halogens is 1. The van der Waals surface area contributed by atoms with Crippen LogP contribution in [0.25, 0.3) is 0 Å². The second-order valence-electron chi connectivity index (χ2n) is 6.53. The molecule has 1 aliphatic heterocycles. The lowest BCUT2D eigenvalue weighted by atomic mass is 10.1. The van der Waals surface area contributed by atoms with Crippen LogP contribution < -0.4 is 5.32 Å². The molecular weight excluding hydrogens is 338 g/mol. The lowest BCUT2D eigenvalue weighted by molar-refractivity contribution is 0.165. The van der Waals surface area contributed by atoms with Crippen LogP contribution in [0.15, 0.2) is 29.2 Å². The van der Waals surface area contributed by atoms with Crippen LogP contribution in [0.5, 0.6) is 0 Å². The third-order valence-electron chi connectivity index (χ3n) is 3.46. The van der Waals surface area contributed by atoms with Crippen LogP contribution >= 0.6 is 11.6 Å². The third-order valence-corrected chi connectivity index (χ3v) is 5.62. The molecule has 0 saturated carbocycles. The molecule has 2 rings (SSSR count). The van der Waals surface area contributed by atoms with E-state index in [1.807, 2.05) is 20.8 Å². The Morgan fingerprint density at radius 1 is 1.09 bits per heavy atom. The number of sulfonamides is 1. The molecule has 0 bridgehead atoms. The first-order valence-corrected chi connectivity index (χ1v) is 9.24. The normalized spacial score (nSPS) is 17.1. The minimum atomic E-state index is -3.55. The van der Waals surface area contributed by atoms with Gasteiger partial charge in [-0.25, -0.2) is 13.2 Å². The monoisotopic (exact) mass is 359 g/mol. The number of urea groups is 1. The lowest BCUT2D eigenvalue weighted by Crippen LogP contribution is -2.55. The van der Waals surface area contributed by atoms with Gasteiger partial charge >= 0.3 is 6.03 Å². The predicted molar refractivity (Wildman–Crippen MR) is 90.1 cm³/mol. The molecule has 1 aliphatic rings. The average molecular weight is 360 g/mol. The maximum Gasteiger partial charge on any atom is 0.317 e. The summed E-state index contributed by atoms with van der Waals surface area (Å²) in [5, 5.41) is 3.38. The van der Waals surface area contributed by atoms with Gasteiger partial charge in [0, 0.05) is 36.7 Å². The van der Waals surface area contributed by atoms with Crippen molar-refractivity contribution in [2.75, 3.05) is 26.2 Å². The molecule has 0 aromatic heterocycles. The van der Waals surface area contributed by atoms with E-state index in [1.165, 1.54) is 16.4 Å². The molecule has 1 aromatic carbocycles. The SMILES string of the molecule is CC(C)(C)NC(=O)N1CCN(S(=O)(=O)c2ccc(Cl)cc2)CC1. The number of hydrogen-bond donors (Lipinski definition) is 1. The van der Waals surface area contributed by atoms with Gasteiger partial charge in [-0.1, -0.05) is 11.6 Å². The number of piperazine rings is 1. The van der Waals surface area contributed by atoms with Crippen molar-refractivity contribution in [2.24, 2.45) is 0 Å². The average Bonchev–Trinajstić information content (AvgIpc) is 2.46. The summed E-state index contributed by atoms with van der Waals surface area (Å²) in [7, 11) is -3.55. The zero-order valence-corrected chi connectivity index (χ0v) is 15.1. The van der Waals surface area contributed by atoms with E-state index in [9.17, 15) is 13.2 Å². The lowest BCUT2D eigenvalue weighted by Gasteiger charge is -2.35. The van der Waals surface area contributed by atoms with Crippen molar-refractivity contribution in [1.82, 2.24) is 14.5 Å². The van der Waals surface area contributed by atoms with Gasteiger partial charge in [-0.15, -0.1) is 0 Å². The summed E-state index contributed by atoms with van der Waals surface area (Å²) in [5.74, 6) is 0. The van der Waals surface area contributed by atoms with E-state index in [4.69, 9.17) is 11.6 Å². The van der Waals surface area contributed by atoms with Crippen LogP contribution in [0.3, 0.4) is 0 Å². The topological polar surface area (TPSA) is 69.7 Å². The van der Waals surface area contributed by atoms with Crippen molar-refractivity contribution in [3.8, 4) is 0 Å². The van der Waals surface area contributed by atoms with Crippen molar-refractivity contribution < 1.29 is 13.2 Å². The Hall–Kier alpha value is -1.31. The molecule has 0 radical (unpaired) electrons. The van der Waals surface area contributed by atoms with Gasteiger partial charge < -0.3 is 10.2 Å². The molecule has 6 nitrogen and oxygen atoms in total. The minimum Gasteiger partial charge on any atom is -0.333 e. The van der Waals surface area contributed by atoms with Gasteiger partial charge in [0.05, 0.1) is 4.90 Å². The smallest absolute Gasteiger partial charge is 0.317 e. The number of carbonyl (C=O) groups is 1. The highest BCUT2D eigenvalue weighted by Gasteiger charge is 2.30. The molecule has 0 aliphatic carbocycles. The number of benzene rings is 1. The number of nitrogens with zero attached hydrogens (tertiary/aromatic N) is 2. The number of nitrogens with one attached hydrogen (secondary N) is 1. The molecule has 128 valence electrons. The summed E-state index contributed by atoms with van der Waals surface area (Å²) in [4.78, 5) is 14.0. The number of amides is 2. The molecule has 0 atom stereocenters. The summed E-state index contributed by atoms with van der Waals surface area (Å²) in [6.07, 6.45) is 0. The van der Waals surface area contributed by atoms with Gasteiger partial charge in [-0.3, -0.25) is 0 Å². The van der Waals surface area contributed by atoms with E-state index in [0.29, 0.717) is 18.1 Å². The maximum atomic E-state index is 12.6. The summed E-state index contributed by atoms with van der Waals surface area (Å²) in [6.45, 7) is 7.03. The van der Waals surface area contributed by atoms with E-state index in [-0.39, 0.29) is 29.6 Å². The Bertz CT molecular complexity index is 660. The fraction of sp³-hybridized carbons (Fsp3) is 0.533. The highest BCUT2D eigenvalue weighted by atomic mass is 35.5. The predicted octanol–water partition coefficient (Wildman–Crippen LogP) is 2.15. The first kappa shape index (κ1) is 18.0. The summed E-state index contributed by atoms with van der Waals surface area (Å²) in [5.41, 5.74) is -0.316. The van der Waals surface area contributed by atoms with Crippen molar-refractivity contribution in [2.45, 2.75) is 31.2 Å². The Labute approximate surface area is 142 Å². The Morgan fingerprint density at radius 2 is 1.61 bits per heavy atom. The maximum absolute atomic E-state index is 12.6. The molecule has 8 heteroatoms. The molecule has 0 spiro atoms. The molecule has 0 unspecified atom stereocenters. The summed E-state index contributed by atoms with van der Waals surface area (Å²) < 4.78 is 26.5. The van der Waals surface area contributed by atoms with Crippen molar-refractivity contribution in [1.29, 1.82) is 0 Å². The van der Waals surface area contributed by atoms with E-state index in [1.54, 1.807) is 17.0 Å². The molecule has 2 amide bonds. The second-order valence-corrected chi connectivity index (χ2v) is 8.90. The molecule has 1 aromatic rings. The third kappa shape index (κ3) is 4.59. The fourth-order valence-corrected chi connectivity index (χ4v) is 3.84. The van der Waals surface area contributed by atoms with Crippen molar-refractivity contribution >= 4 is 27.7 Å². The van der Waals surface area contributed by atoms with E-state index in [2.05, 4.69) is 5.32 Å². The quantitative estimate of drug-likeness (QED) is 0.879. The minimum absolute atomic E-state index is 0.166. The first-order valence-electron chi connectivity index (χ1n) is 7.42. The Morgan fingerprint density at radius 3 is 2.09 bits per heavy atom. The number of hydrogen-bond acceptors (Lipinski definition) is 3. The van der Waals surface area contributed by atoms with Gasteiger partial charge in [-0.05, 0) is 45.0 Å². The molecule has 1 heterocycles.